The summed E-state index contributed by atoms with van der Waals surface area (Å²) in [4.78, 5) is 18.0. The van der Waals surface area contributed by atoms with E-state index in [0.29, 0.717) is 17.8 Å². The third-order valence-electron chi connectivity index (χ3n) is 5.69. The van der Waals surface area contributed by atoms with Gasteiger partial charge in [0, 0.05) is 34.8 Å². The summed E-state index contributed by atoms with van der Waals surface area (Å²) in [7, 11) is -3.77. The summed E-state index contributed by atoms with van der Waals surface area (Å²) in [5, 5.41) is 0. The molecule has 0 bridgehead atoms. The molecule has 0 aliphatic rings. The third-order valence-corrected chi connectivity index (χ3v) is 7.07. The second-order valence-corrected chi connectivity index (χ2v) is 9.73. The fraction of sp³-hybridized carbons (Fsp3) is 0.231. The van der Waals surface area contributed by atoms with Crippen LogP contribution in [0.2, 0.25) is 0 Å². The number of pyridine rings is 2. The Kier molecular flexibility index (Phi) is 6.70. The van der Waals surface area contributed by atoms with Crippen LogP contribution >= 0.6 is 0 Å². The van der Waals surface area contributed by atoms with Crippen LogP contribution in [0, 0.1) is 13.8 Å². The van der Waals surface area contributed by atoms with Crippen LogP contribution in [0.15, 0.2) is 66.1 Å². The Morgan fingerprint density at radius 3 is 2.29 bits per heavy atom. The SMILES string of the molecule is CCc1ccc(S(=O)(=O)Nc2cc(-c3c(CC)ncnc3-c3ccnc(C)c3)cnc2C)cc1. The first-order valence-corrected chi connectivity index (χ1v) is 12.7. The van der Waals surface area contributed by atoms with Crippen molar-refractivity contribution in [1.29, 1.82) is 0 Å². The molecule has 0 spiro atoms. The number of aryl methyl sites for hydroxylation is 4. The molecule has 0 saturated heterocycles. The van der Waals surface area contributed by atoms with E-state index in [1.165, 1.54) is 0 Å². The molecule has 0 radical (unpaired) electrons. The van der Waals surface area contributed by atoms with Crippen molar-refractivity contribution in [3.05, 3.63) is 83.8 Å². The van der Waals surface area contributed by atoms with Gasteiger partial charge in [-0.25, -0.2) is 18.4 Å². The highest BCUT2D eigenvalue weighted by atomic mass is 32.2. The van der Waals surface area contributed by atoms with Gasteiger partial charge in [-0.05, 0) is 62.6 Å². The van der Waals surface area contributed by atoms with E-state index in [2.05, 4.69) is 24.7 Å². The lowest BCUT2D eigenvalue weighted by Crippen LogP contribution is -2.14. The lowest BCUT2D eigenvalue weighted by Gasteiger charge is -2.16. The topological polar surface area (TPSA) is 97.7 Å². The molecule has 8 heteroatoms. The second kappa shape index (κ2) is 9.69. The Balaban J connectivity index is 1.80. The van der Waals surface area contributed by atoms with Gasteiger partial charge in [-0.1, -0.05) is 26.0 Å². The van der Waals surface area contributed by atoms with Crippen molar-refractivity contribution in [2.75, 3.05) is 4.72 Å². The van der Waals surface area contributed by atoms with Crippen LogP contribution in [0.25, 0.3) is 22.4 Å². The summed E-state index contributed by atoms with van der Waals surface area (Å²) in [5.41, 5.74) is 7.05. The maximum Gasteiger partial charge on any atom is 0.261 e. The zero-order valence-corrected chi connectivity index (χ0v) is 20.5. The number of benzene rings is 1. The van der Waals surface area contributed by atoms with Crippen molar-refractivity contribution >= 4 is 15.7 Å². The van der Waals surface area contributed by atoms with Crippen molar-refractivity contribution < 1.29 is 8.42 Å². The molecule has 4 rings (SSSR count). The summed E-state index contributed by atoms with van der Waals surface area (Å²) in [6.07, 6.45) is 6.57. The molecule has 0 amide bonds. The summed E-state index contributed by atoms with van der Waals surface area (Å²) in [6.45, 7) is 7.76. The lowest BCUT2D eigenvalue weighted by molar-refractivity contribution is 0.601. The quantitative estimate of drug-likeness (QED) is 0.399. The fourth-order valence-electron chi connectivity index (χ4n) is 3.79. The summed E-state index contributed by atoms with van der Waals surface area (Å²) >= 11 is 0. The molecule has 1 N–H and O–H groups in total. The summed E-state index contributed by atoms with van der Waals surface area (Å²) in [6, 6.07) is 12.6. The van der Waals surface area contributed by atoms with E-state index in [1.807, 2.05) is 45.0 Å². The summed E-state index contributed by atoms with van der Waals surface area (Å²) in [5.74, 6) is 0. The van der Waals surface area contributed by atoms with Gasteiger partial charge in [0.15, 0.2) is 0 Å². The van der Waals surface area contributed by atoms with Crippen LogP contribution in [-0.4, -0.2) is 28.4 Å². The van der Waals surface area contributed by atoms with Gasteiger partial charge in [-0.15, -0.1) is 0 Å². The minimum absolute atomic E-state index is 0.208. The Morgan fingerprint density at radius 1 is 0.853 bits per heavy atom. The van der Waals surface area contributed by atoms with Gasteiger partial charge in [0.1, 0.15) is 6.33 Å². The van der Waals surface area contributed by atoms with E-state index < -0.39 is 10.0 Å². The van der Waals surface area contributed by atoms with Gasteiger partial charge >= 0.3 is 0 Å². The first-order chi connectivity index (χ1) is 16.3. The van der Waals surface area contributed by atoms with E-state index in [0.717, 1.165) is 45.8 Å². The number of hydrogen-bond acceptors (Lipinski definition) is 6. The van der Waals surface area contributed by atoms with E-state index in [4.69, 9.17) is 0 Å². The van der Waals surface area contributed by atoms with Crippen molar-refractivity contribution in [1.82, 2.24) is 19.9 Å². The number of nitrogens with zero attached hydrogens (tertiary/aromatic N) is 4. The Hall–Kier alpha value is -3.65. The number of anilines is 1. The number of hydrogen-bond donors (Lipinski definition) is 1. The molecule has 174 valence electrons. The third kappa shape index (κ3) is 4.82. The molecule has 0 unspecified atom stereocenters. The molecule has 0 fully saturated rings. The Bertz CT molecular complexity index is 1430. The highest BCUT2D eigenvalue weighted by Crippen LogP contribution is 2.34. The molecule has 0 saturated carbocycles. The van der Waals surface area contributed by atoms with Gasteiger partial charge in [0.2, 0.25) is 0 Å². The predicted octanol–water partition coefficient (Wildman–Crippen LogP) is 5.14. The smallest absolute Gasteiger partial charge is 0.261 e. The molecule has 0 atom stereocenters. The van der Waals surface area contributed by atoms with E-state index >= 15 is 0 Å². The molecule has 1 aromatic carbocycles. The maximum atomic E-state index is 13.1. The minimum atomic E-state index is -3.77. The molecular formula is C26H27N5O2S. The van der Waals surface area contributed by atoms with E-state index in [-0.39, 0.29) is 4.90 Å². The molecule has 0 aliphatic heterocycles. The van der Waals surface area contributed by atoms with Crippen LogP contribution in [0.4, 0.5) is 5.69 Å². The zero-order valence-electron chi connectivity index (χ0n) is 19.7. The normalized spacial score (nSPS) is 11.4. The van der Waals surface area contributed by atoms with Crippen molar-refractivity contribution in [2.24, 2.45) is 0 Å². The second-order valence-electron chi connectivity index (χ2n) is 8.04. The average Bonchev–Trinajstić information content (AvgIpc) is 2.85. The average molecular weight is 474 g/mol. The standard InChI is InChI=1S/C26H27N5O2S/c1-5-19-7-9-22(10-8-19)34(32,33)31-24-14-21(15-28-18(24)4)25-23(6-2)29-16-30-26(25)20-11-12-27-17(3)13-20/h7-16,31H,5-6H2,1-4H3. The summed E-state index contributed by atoms with van der Waals surface area (Å²) < 4.78 is 28.9. The molecule has 3 heterocycles. The van der Waals surface area contributed by atoms with Crippen LogP contribution < -0.4 is 4.72 Å². The molecule has 4 aromatic rings. The molecule has 3 aromatic heterocycles. The number of aromatic nitrogens is 4. The van der Waals surface area contributed by atoms with Crippen LogP contribution in [0.3, 0.4) is 0 Å². The molecule has 7 nitrogen and oxygen atoms in total. The van der Waals surface area contributed by atoms with Gasteiger partial charge in [-0.3, -0.25) is 14.7 Å². The van der Waals surface area contributed by atoms with Crippen LogP contribution in [-0.2, 0) is 22.9 Å². The lowest BCUT2D eigenvalue weighted by atomic mass is 9.97. The zero-order chi connectivity index (χ0) is 24.3. The highest BCUT2D eigenvalue weighted by molar-refractivity contribution is 7.92. The Labute approximate surface area is 200 Å². The van der Waals surface area contributed by atoms with Gasteiger partial charge in [0.05, 0.1) is 27.7 Å². The molecular weight excluding hydrogens is 446 g/mol. The number of nitrogens with one attached hydrogen (secondary N) is 1. The Morgan fingerprint density at radius 2 is 1.62 bits per heavy atom. The van der Waals surface area contributed by atoms with Crippen molar-refractivity contribution in [3.63, 3.8) is 0 Å². The molecule has 0 aliphatic carbocycles. The van der Waals surface area contributed by atoms with Crippen molar-refractivity contribution in [3.8, 4) is 22.4 Å². The van der Waals surface area contributed by atoms with E-state index in [9.17, 15) is 8.42 Å². The van der Waals surface area contributed by atoms with Gasteiger partial charge in [-0.2, -0.15) is 0 Å². The van der Waals surface area contributed by atoms with E-state index in [1.54, 1.807) is 43.8 Å². The first kappa shape index (κ1) is 23.5. The van der Waals surface area contributed by atoms with Crippen LogP contribution in [0.5, 0.6) is 0 Å². The predicted molar refractivity (Wildman–Crippen MR) is 134 cm³/mol. The van der Waals surface area contributed by atoms with Gasteiger partial charge in [0.25, 0.3) is 10.0 Å². The first-order valence-electron chi connectivity index (χ1n) is 11.2. The maximum absolute atomic E-state index is 13.1. The monoisotopic (exact) mass is 473 g/mol. The number of sulfonamides is 1. The molecule has 34 heavy (non-hydrogen) atoms. The highest BCUT2D eigenvalue weighted by Gasteiger charge is 2.19. The number of rotatable bonds is 7. The largest absolute Gasteiger partial charge is 0.278 e. The fourth-order valence-corrected chi connectivity index (χ4v) is 4.89. The van der Waals surface area contributed by atoms with Crippen LogP contribution in [0.1, 0.15) is 36.5 Å². The van der Waals surface area contributed by atoms with Crippen molar-refractivity contribution in [2.45, 2.75) is 45.4 Å². The minimum Gasteiger partial charge on any atom is -0.278 e. The van der Waals surface area contributed by atoms with Gasteiger partial charge < -0.3 is 0 Å².